The van der Waals surface area contributed by atoms with E-state index in [1.54, 1.807) is 18.2 Å². The number of hydrogen-bond donors (Lipinski definition) is 3. The average molecular weight is 262 g/mol. The molecule has 2 rings (SSSR count). The van der Waals surface area contributed by atoms with Crippen molar-refractivity contribution < 1.29 is 9.90 Å². The first-order chi connectivity index (χ1) is 9.08. The molecule has 1 aromatic rings. The van der Waals surface area contributed by atoms with Gasteiger partial charge < -0.3 is 16.2 Å². The molecule has 0 spiro atoms. The van der Waals surface area contributed by atoms with Crippen LogP contribution in [-0.4, -0.2) is 17.6 Å². The lowest BCUT2D eigenvalue weighted by Crippen LogP contribution is -2.31. The minimum Gasteiger partial charge on any atom is -0.505 e. The standard InChI is InChI=1S/C15H22N2O2/c1-10-4-2-5-11(8-10)9-17-15(19)12-6-3-7-13(16)14(12)18/h3,6-7,10-11,18H,2,4-5,8-9,16H2,1H3,(H,17,19). The van der Waals surface area contributed by atoms with Gasteiger partial charge in [-0.15, -0.1) is 0 Å². The number of phenolic OH excluding ortho intramolecular Hbond substituents is 1. The molecule has 1 aliphatic carbocycles. The summed E-state index contributed by atoms with van der Waals surface area (Å²) in [5, 5.41) is 12.7. The Bertz CT molecular complexity index is 459. The molecule has 2 atom stereocenters. The highest BCUT2D eigenvalue weighted by Crippen LogP contribution is 2.28. The molecule has 1 aliphatic rings. The van der Waals surface area contributed by atoms with Crippen LogP contribution in [0.1, 0.15) is 43.0 Å². The van der Waals surface area contributed by atoms with Crippen LogP contribution in [-0.2, 0) is 0 Å². The van der Waals surface area contributed by atoms with Gasteiger partial charge in [0.2, 0.25) is 0 Å². The number of nitrogen functional groups attached to an aromatic ring is 1. The van der Waals surface area contributed by atoms with Crippen molar-refractivity contribution in [2.75, 3.05) is 12.3 Å². The topological polar surface area (TPSA) is 75.4 Å². The summed E-state index contributed by atoms with van der Waals surface area (Å²) < 4.78 is 0. The first kappa shape index (κ1) is 13.7. The van der Waals surface area contributed by atoms with Crippen molar-refractivity contribution in [1.29, 1.82) is 0 Å². The summed E-state index contributed by atoms with van der Waals surface area (Å²) in [4.78, 5) is 12.0. The van der Waals surface area contributed by atoms with Gasteiger partial charge in [0, 0.05) is 6.54 Å². The zero-order valence-corrected chi connectivity index (χ0v) is 11.4. The van der Waals surface area contributed by atoms with Gasteiger partial charge in [-0.2, -0.15) is 0 Å². The van der Waals surface area contributed by atoms with E-state index in [9.17, 15) is 9.90 Å². The van der Waals surface area contributed by atoms with Crippen LogP contribution in [0.4, 0.5) is 5.69 Å². The number of nitrogens with one attached hydrogen (secondary N) is 1. The first-order valence-electron chi connectivity index (χ1n) is 6.93. The van der Waals surface area contributed by atoms with Crippen molar-refractivity contribution in [2.24, 2.45) is 11.8 Å². The Kier molecular flexibility index (Phi) is 4.30. The van der Waals surface area contributed by atoms with E-state index < -0.39 is 0 Å². The second-order valence-electron chi connectivity index (χ2n) is 5.59. The Morgan fingerprint density at radius 2 is 2.26 bits per heavy atom. The molecule has 1 fully saturated rings. The lowest BCUT2D eigenvalue weighted by Gasteiger charge is -2.26. The molecule has 19 heavy (non-hydrogen) atoms. The highest BCUT2D eigenvalue weighted by Gasteiger charge is 2.20. The zero-order chi connectivity index (χ0) is 13.8. The van der Waals surface area contributed by atoms with Gasteiger partial charge in [0.05, 0.1) is 11.3 Å². The van der Waals surface area contributed by atoms with Gasteiger partial charge in [-0.3, -0.25) is 4.79 Å². The molecular weight excluding hydrogens is 240 g/mol. The normalized spacial score (nSPS) is 23.0. The van der Waals surface area contributed by atoms with Crippen LogP contribution < -0.4 is 11.1 Å². The van der Waals surface area contributed by atoms with Crippen molar-refractivity contribution >= 4 is 11.6 Å². The van der Waals surface area contributed by atoms with Crippen LogP contribution in [0.15, 0.2) is 18.2 Å². The number of benzene rings is 1. The number of carbonyl (C=O) groups is 1. The van der Waals surface area contributed by atoms with E-state index >= 15 is 0 Å². The molecule has 0 bridgehead atoms. The number of para-hydroxylation sites is 1. The van der Waals surface area contributed by atoms with Crippen molar-refractivity contribution in [2.45, 2.75) is 32.6 Å². The molecular formula is C15H22N2O2. The molecule has 1 saturated carbocycles. The molecule has 0 heterocycles. The summed E-state index contributed by atoms with van der Waals surface area (Å²) in [5.41, 5.74) is 6.07. The molecule has 0 aromatic heterocycles. The van der Waals surface area contributed by atoms with E-state index in [0.717, 1.165) is 5.92 Å². The minimum atomic E-state index is -0.247. The van der Waals surface area contributed by atoms with E-state index in [-0.39, 0.29) is 22.9 Å². The number of hydrogen-bond acceptors (Lipinski definition) is 3. The number of aromatic hydroxyl groups is 1. The lowest BCUT2D eigenvalue weighted by atomic mass is 9.82. The Labute approximate surface area is 114 Å². The fourth-order valence-electron chi connectivity index (χ4n) is 2.82. The maximum Gasteiger partial charge on any atom is 0.255 e. The smallest absolute Gasteiger partial charge is 0.255 e. The molecule has 4 nitrogen and oxygen atoms in total. The van der Waals surface area contributed by atoms with Crippen molar-refractivity contribution in [3.8, 4) is 5.75 Å². The van der Waals surface area contributed by atoms with Gasteiger partial charge in [0.25, 0.3) is 5.91 Å². The number of nitrogens with two attached hydrogens (primary N) is 1. The maximum atomic E-state index is 12.0. The Balaban J connectivity index is 1.92. The van der Waals surface area contributed by atoms with Crippen LogP contribution in [0.3, 0.4) is 0 Å². The van der Waals surface area contributed by atoms with Gasteiger partial charge in [-0.25, -0.2) is 0 Å². The Hall–Kier alpha value is -1.71. The molecule has 0 saturated heterocycles. The number of anilines is 1. The molecule has 4 heteroatoms. The van der Waals surface area contributed by atoms with Gasteiger partial charge in [0.1, 0.15) is 0 Å². The summed E-state index contributed by atoms with van der Waals surface area (Å²) in [6.07, 6.45) is 4.88. The fourth-order valence-corrected chi connectivity index (χ4v) is 2.82. The van der Waals surface area contributed by atoms with Gasteiger partial charge >= 0.3 is 0 Å². The van der Waals surface area contributed by atoms with Crippen molar-refractivity contribution in [3.05, 3.63) is 23.8 Å². The molecule has 104 valence electrons. The summed E-state index contributed by atoms with van der Waals surface area (Å²) >= 11 is 0. The summed E-state index contributed by atoms with van der Waals surface area (Å²) in [7, 11) is 0. The van der Waals surface area contributed by atoms with Crippen LogP contribution >= 0.6 is 0 Å². The predicted molar refractivity (Wildman–Crippen MR) is 76.0 cm³/mol. The van der Waals surface area contributed by atoms with E-state index in [1.165, 1.54) is 25.7 Å². The number of amides is 1. The largest absolute Gasteiger partial charge is 0.505 e. The molecule has 1 aromatic carbocycles. The molecule has 0 aliphatic heterocycles. The molecule has 0 radical (unpaired) electrons. The van der Waals surface area contributed by atoms with E-state index in [4.69, 9.17) is 5.73 Å². The molecule has 1 amide bonds. The first-order valence-corrected chi connectivity index (χ1v) is 6.93. The highest BCUT2D eigenvalue weighted by atomic mass is 16.3. The second kappa shape index (κ2) is 5.95. The average Bonchev–Trinajstić information content (AvgIpc) is 2.39. The Morgan fingerprint density at radius 1 is 1.47 bits per heavy atom. The quantitative estimate of drug-likeness (QED) is 0.579. The third kappa shape index (κ3) is 3.40. The van der Waals surface area contributed by atoms with Gasteiger partial charge in [0.15, 0.2) is 5.75 Å². The van der Waals surface area contributed by atoms with E-state index in [1.807, 2.05) is 0 Å². The lowest BCUT2D eigenvalue weighted by molar-refractivity contribution is 0.0938. The number of carbonyl (C=O) groups excluding carboxylic acids is 1. The van der Waals surface area contributed by atoms with E-state index in [0.29, 0.717) is 12.5 Å². The van der Waals surface area contributed by atoms with Crippen molar-refractivity contribution in [1.82, 2.24) is 5.32 Å². The van der Waals surface area contributed by atoms with Gasteiger partial charge in [-0.1, -0.05) is 25.8 Å². The monoisotopic (exact) mass is 262 g/mol. The zero-order valence-electron chi connectivity index (χ0n) is 11.4. The van der Waals surface area contributed by atoms with Crippen LogP contribution in [0.25, 0.3) is 0 Å². The minimum absolute atomic E-state index is 0.128. The third-order valence-electron chi connectivity index (χ3n) is 3.91. The van der Waals surface area contributed by atoms with Crippen LogP contribution in [0.2, 0.25) is 0 Å². The van der Waals surface area contributed by atoms with Crippen molar-refractivity contribution in [3.63, 3.8) is 0 Å². The highest BCUT2D eigenvalue weighted by molar-refractivity contribution is 5.98. The Morgan fingerprint density at radius 3 is 3.00 bits per heavy atom. The second-order valence-corrected chi connectivity index (χ2v) is 5.59. The maximum absolute atomic E-state index is 12.0. The number of phenols is 1. The predicted octanol–water partition coefficient (Wildman–Crippen LogP) is 2.53. The molecule has 4 N–H and O–H groups in total. The fraction of sp³-hybridized carbons (Fsp3) is 0.533. The van der Waals surface area contributed by atoms with Crippen LogP contribution in [0, 0.1) is 11.8 Å². The van der Waals surface area contributed by atoms with Gasteiger partial charge in [-0.05, 0) is 36.8 Å². The third-order valence-corrected chi connectivity index (χ3v) is 3.91. The SMILES string of the molecule is CC1CCCC(CNC(=O)c2cccc(N)c2O)C1. The summed E-state index contributed by atoms with van der Waals surface area (Å²) in [6, 6.07) is 4.84. The van der Waals surface area contributed by atoms with Crippen LogP contribution in [0.5, 0.6) is 5.75 Å². The molecule has 2 unspecified atom stereocenters. The summed E-state index contributed by atoms with van der Waals surface area (Å²) in [5.74, 6) is 0.923. The summed E-state index contributed by atoms with van der Waals surface area (Å²) in [6.45, 7) is 2.94. The van der Waals surface area contributed by atoms with E-state index in [2.05, 4.69) is 12.2 Å². The number of rotatable bonds is 3.